The van der Waals surface area contributed by atoms with E-state index in [4.69, 9.17) is 4.74 Å². The van der Waals surface area contributed by atoms with E-state index in [1.54, 1.807) is 36.4 Å². The Bertz CT molecular complexity index is 856. The topological polar surface area (TPSA) is 70.4 Å². The van der Waals surface area contributed by atoms with Gasteiger partial charge in [-0.15, -0.1) is 0 Å². The fourth-order valence-electron chi connectivity index (χ4n) is 3.13. The Hall–Kier alpha value is -2.97. The number of aldehydes is 1. The van der Waals surface area contributed by atoms with Crippen molar-refractivity contribution in [2.45, 2.75) is 12.5 Å². The lowest BCUT2D eigenvalue weighted by Crippen LogP contribution is -2.29. The molecular formula is C19H16N2O3. The number of methoxy groups -OCH3 is 1. The number of ketones is 1. The monoisotopic (exact) mass is 320 g/mol. The van der Waals surface area contributed by atoms with Gasteiger partial charge in [0.15, 0.2) is 12.1 Å². The van der Waals surface area contributed by atoms with E-state index in [2.05, 4.69) is 6.07 Å². The van der Waals surface area contributed by atoms with Crippen LogP contribution in [0.4, 0.5) is 0 Å². The zero-order valence-electron chi connectivity index (χ0n) is 13.4. The number of carbonyl (C=O) groups is 2. The second kappa shape index (κ2) is 6.26. The second-order valence-corrected chi connectivity index (χ2v) is 5.69. The molecule has 0 bridgehead atoms. The number of fused-ring (bicyclic) bond motifs is 1. The van der Waals surface area contributed by atoms with Gasteiger partial charge in [0.1, 0.15) is 17.9 Å². The lowest BCUT2D eigenvalue weighted by atomic mass is 9.80. The lowest BCUT2D eigenvalue weighted by molar-refractivity contribution is -0.125. The number of hydrogen-bond acceptors (Lipinski definition) is 5. The predicted molar refractivity (Wildman–Crippen MR) is 88.7 cm³/mol. The van der Waals surface area contributed by atoms with Crippen molar-refractivity contribution in [1.82, 2.24) is 4.90 Å². The zero-order valence-corrected chi connectivity index (χ0v) is 13.4. The Morgan fingerprint density at radius 3 is 2.79 bits per heavy atom. The molecule has 5 nitrogen and oxygen atoms in total. The molecule has 24 heavy (non-hydrogen) atoms. The molecule has 0 saturated carbocycles. The highest BCUT2D eigenvalue weighted by atomic mass is 16.5. The van der Waals surface area contributed by atoms with Crippen LogP contribution < -0.4 is 0 Å². The zero-order chi connectivity index (χ0) is 17.3. The Kier molecular flexibility index (Phi) is 4.15. The molecule has 2 aliphatic rings. The largest absolute Gasteiger partial charge is 0.370 e. The number of nitrogens with zero attached hydrogens (tertiary/aromatic N) is 2. The molecule has 1 unspecified atom stereocenters. The van der Waals surface area contributed by atoms with Crippen LogP contribution in [-0.2, 0) is 9.53 Å². The van der Waals surface area contributed by atoms with Crippen LogP contribution in [0.1, 0.15) is 22.3 Å². The van der Waals surface area contributed by atoms with Gasteiger partial charge in [0, 0.05) is 37.9 Å². The molecule has 0 N–H and O–H groups in total. The average Bonchev–Trinajstić information content (AvgIpc) is 2.60. The molecule has 1 aromatic rings. The van der Waals surface area contributed by atoms with Crippen molar-refractivity contribution < 1.29 is 14.3 Å². The van der Waals surface area contributed by atoms with Crippen molar-refractivity contribution in [1.29, 1.82) is 5.26 Å². The van der Waals surface area contributed by atoms with Gasteiger partial charge in [-0.1, -0.05) is 24.3 Å². The third-order valence-electron chi connectivity index (χ3n) is 4.27. The van der Waals surface area contributed by atoms with Crippen molar-refractivity contribution in [2.75, 3.05) is 14.2 Å². The van der Waals surface area contributed by atoms with Gasteiger partial charge in [-0.05, 0) is 22.8 Å². The summed E-state index contributed by atoms with van der Waals surface area (Å²) in [4.78, 5) is 25.3. The van der Waals surface area contributed by atoms with E-state index in [-0.39, 0.29) is 12.2 Å². The number of rotatable bonds is 3. The first-order valence-electron chi connectivity index (χ1n) is 7.51. The third kappa shape index (κ3) is 2.47. The van der Waals surface area contributed by atoms with Gasteiger partial charge in [0.05, 0.1) is 0 Å². The smallest absolute Gasteiger partial charge is 0.169 e. The Balaban J connectivity index is 2.29. The standard InChI is InChI=1S/C19H16N2O3/c1-21-10-13-7-17(23)18(24-2)8-15(13)19(16(21)9-20)14-6-4-3-5-12(14)11-22/h3-6,8,10-11,18H,7H2,1-2H3. The molecule has 0 saturated heterocycles. The Morgan fingerprint density at radius 2 is 2.12 bits per heavy atom. The molecule has 120 valence electrons. The Labute approximate surface area is 140 Å². The van der Waals surface area contributed by atoms with E-state index in [9.17, 15) is 14.9 Å². The number of hydrogen-bond donors (Lipinski definition) is 0. The molecular weight excluding hydrogens is 304 g/mol. The molecule has 1 aromatic carbocycles. The summed E-state index contributed by atoms with van der Waals surface area (Å²) in [5.74, 6) is -0.0238. The van der Waals surface area contributed by atoms with Crippen molar-refractivity contribution in [3.63, 3.8) is 0 Å². The molecule has 0 fully saturated rings. The molecule has 1 heterocycles. The molecule has 1 aliphatic heterocycles. The lowest BCUT2D eigenvalue weighted by Gasteiger charge is -2.32. The van der Waals surface area contributed by atoms with Crippen molar-refractivity contribution >= 4 is 17.6 Å². The first kappa shape index (κ1) is 15.9. The van der Waals surface area contributed by atoms with Gasteiger partial charge >= 0.3 is 0 Å². The van der Waals surface area contributed by atoms with Crippen LogP contribution in [0.5, 0.6) is 0 Å². The Morgan fingerprint density at radius 1 is 1.38 bits per heavy atom. The maximum Gasteiger partial charge on any atom is 0.169 e. The summed E-state index contributed by atoms with van der Waals surface area (Å²) in [6.45, 7) is 0. The molecule has 0 spiro atoms. The van der Waals surface area contributed by atoms with E-state index in [0.29, 0.717) is 22.4 Å². The summed E-state index contributed by atoms with van der Waals surface area (Å²) >= 11 is 0. The number of benzene rings is 1. The van der Waals surface area contributed by atoms with E-state index in [1.165, 1.54) is 7.11 Å². The first-order chi connectivity index (χ1) is 11.6. The fourth-order valence-corrected chi connectivity index (χ4v) is 3.13. The van der Waals surface area contributed by atoms with Crippen LogP contribution >= 0.6 is 0 Å². The second-order valence-electron chi connectivity index (χ2n) is 5.69. The quantitative estimate of drug-likeness (QED) is 0.800. The number of nitriles is 1. The van der Waals surface area contributed by atoms with Crippen LogP contribution in [0.15, 0.2) is 53.4 Å². The minimum atomic E-state index is -0.640. The molecule has 3 rings (SSSR count). The van der Waals surface area contributed by atoms with Crippen molar-refractivity contribution in [3.05, 3.63) is 64.5 Å². The summed E-state index contributed by atoms with van der Waals surface area (Å²) in [5.41, 5.74) is 3.88. The molecule has 0 radical (unpaired) electrons. The molecule has 0 aromatic heterocycles. The maximum absolute atomic E-state index is 12.1. The first-order valence-corrected chi connectivity index (χ1v) is 7.51. The number of carbonyl (C=O) groups excluding carboxylic acids is 2. The van der Waals surface area contributed by atoms with Gasteiger partial charge in [0.25, 0.3) is 0 Å². The molecule has 1 atom stereocenters. The van der Waals surface area contributed by atoms with Crippen LogP contribution in [0.25, 0.3) is 5.57 Å². The number of Topliss-reactive ketones (excluding diaryl/α,β-unsaturated/α-hetero) is 1. The van der Waals surface area contributed by atoms with E-state index in [1.807, 2.05) is 12.1 Å². The number of allylic oxidation sites excluding steroid dienone is 4. The van der Waals surface area contributed by atoms with Crippen LogP contribution in [0, 0.1) is 11.3 Å². The van der Waals surface area contributed by atoms with Crippen LogP contribution in [0.2, 0.25) is 0 Å². The van der Waals surface area contributed by atoms with Gasteiger partial charge in [0.2, 0.25) is 0 Å². The molecule has 1 aliphatic carbocycles. The van der Waals surface area contributed by atoms with E-state index >= 15 is 0 Å². The highest BCUT2D eigenvalue weighted by Gasteiger charge is 2.33. The fraction of sp³-hybridized carbons (Fsp3) is 0.211. The SMILES string of the molecule is COC1C=C2C(=CN(C)C(C#N)=C2c2ccccc2C=O)CC1=O. The highest BCUT2D eigenvalue weighted by molar-refractivity contribution is 6.00. The van der Waals surface area contributed by atoms with Gasteiger partial charge in [-0.3, -0.25) is 9.59 Å². The average molecular weight is 320 g/mol. The van der Waals surface area contributed by atoms with Crippen molar-refractivity contribution in [3.8, 4) is 6.07 Å². The normalized spacial score (nSPS) is 20.1. The summed E-state index contributed by atoms with van der Waals surface area (Å²) in [7, 11) is 3.25. The van der Waals surface area contributed by atoms with Crippen LogP contribution in [-0.4, -0.2) is 37.2 Å². The maximum atomic E-state index is 12.1. The van der Waals surface area contributed by atoms with Gasteiger partial charge < -0.3 is 9.64 Å². The third-order valence-corrected chi connectivity index (χ3v) is 4.27. The summed E-state index contributed by atoms with van der Waals surface area (Å²) in [5, 5.41) is 9.63. The number of ether oxygens (including phenoxy) is 1. The molecule has 0 amide bonds. The van der Waals surface area contributed by atoms with E-state index < -0.39 is 6.10 Å². The summed E-state index contributed by atoms with van der Waals surface area (Å²) in [6, 6.07) is 9.34. The minimum absolute atomic E-state index is 0.0238. The van der Waals surface area contributed by atoms with Crippen LogP contribution in [0.3, 0.4) is 0 Å². The van der Waals surface area contributed by atoms with E-state index in [0.717, 1.165) is 17.4 Å². The predicted octanol–water partition coefficient (Wildman–Crippen LogP) is 2.48. The molecule has 5 heteroatoms. The van der Waals surface area contributed by atoms with Gasteiger partial charge in [-0.2, -0.15) is 5.26 Å². The summed E-state index contributed by atoms with van der Waals surface area (Å²) < 4.78 is 5.25. The summed E-state index contributed by atoms with van der Waals surface area (Å²) in [6.07, 6.45) is 3.90. The highest BCUT2D eigenvalue weighted by Crippen LogP contribution is 2.41. The minimum Gasteiger partial charge on any atom is -0.370 e. The van der Waals surface area contributed by atoms with Crippen molar-refractivity contribution in [2.24, 2.45) is 0 Å². The van der Waals surface area contributed by atoms with Gasteiger partial charge in [-0.25, -0.2) is 0 Å².